The second kappa shape index (κ2) is 7.80. The Hall–Kier alpha value is -2.07. The van der Waals surface area contributed by atoms with Gasteiger partial charge in [-0.25, -0.2) is 0 Å². The van der Waals surface area contributed by atoms with Gasteiger partial charge >= 0.3 is 0 Å². The number of para-hydroxylation sites is 1. The molecule has 0 saturated heterocycles. The topological polar surface area (TPSA) is 54.0 Å². The molecular formula is C17H20ClN3O. The predicted octanol–water partition coefficient (Wildman–Crippen LogP) is 4.25. The molecular weight excluding hydrogens is 298 g/mol. The Morgan fingerprint density at radius 2 is 2.05 bits per heavy atom. The molecule has 1 aromatic carbocycles. The number of carbonyl (C=O) groups is 1. The number of rotatable bonds is 6. The summed E-state index contributed by atoms with van der Waals surface area (Å²) in [7, 11) is 0. The number of hydrogen-bond acceptors (Lipinski definition) is 3. The van der Waals surface area contributed by atoms with Gasteiger partial charge in [0.15, 0.2) is 0 Å². The van der Waals surface area contributed by atoms with E-state index >= 15 is 0 Å². The Morgan fingerprint density at radius 1 is 1.27 bits per heavy atom. The molecule has 22 heavy (non-hydrogen) atoms. The van der Waals surface area contributed by atoms with Crippen molar-refractivity contribution in [3.63, 3.8) is 0 Å². The first-order valence-corrected chi connectivity index (χ1v) is 7.70. The van der Waals surface area contributed by atoms with Gasteiger partial charge < -0.3 is 10.6 Å². The molecule has 116 valence electrons. The highest BCUT2D eigenvalue weighted by Crippen LogP contribution is 2.24. The number of nitrogens with one attached hydrogen (secondary N) is 2. The summed E-state index contributed by atoms with van der Waals surface area (Å²) in [5.74, 6) is 0.393. The molecule has 4 nitrogen and oxygen atoms in total. The maximum absolute atomic E-state index is 12.1. The minimum absolute atomic E-state index is 0.163. The molecule has 2 N–H and O–H groups in total. The fraction of sp³-hybridized carbons (Fsp3) is 0.294. The van der Waals surface area contributed by atoms with Crippen LogP contribution in [0.1, 0.15) is 30.8 Å². The number of aromatic nitrogens is 1. The first kappa shape index (κ1) is 16.3. The van der Waals surface area contributed by atoms with Crippen molar-refractivity contribution >= 4 is 28.9 Å². The van der Waals surface area contributed by atoms with E-state index in [0.29, 0.717) is 23.2 Å². The van der Waals surface area contributed by atoms with E-state index in [1.54, 1.807) is 18.3 Å². The van der Waals surface area contributed by atoms with E-state index in [9.17, 15) is 4.79 Å². The van der Waals surface area contributed by atoms with Crippen LogP contribution < -0.4 is 10.6 Å². The lowest BCUT2D eigenvalue weighted by atomic mass is 10.1. The predicted molar refractivity (Wildman–Crippen MR) is 90.8 cm³/mol. The van der Waals surface area contributed by atoms with E-state index in [1.165, 1.54) is 0 Å². The Kier molecular flexibility index (Phi) is 5.78. The average Bonchev–Trinajstić information content (AvgIpc) is 2.49. The van der Waals surface area contributed by atoms with Crippen molar-refractivity contribution in [3.8, 4) is 0 Å². The van der Waals surface area contributed by atoms with Crippen LogP contribution in [0, 0.1) is 5.92 Å². The molecule has 5 heteroatoms. The van der Waals surface area contributed by atoms with Crippen LogP contribution in [0.15, 0.2) is 42.6 Å². The SMILES string of the molecule is CC(C)CCNC(=O)c1cc(Nc2ccccc2Cl)ccn1. The van der Waals surface area contributed by atoms with Crippen LogP contribution in [0.4, 0.5) is 11.4 Å². The van der Waals surface area contributed by atoms with Gasteiger partial charge in [-0.05, 0) is 36.6 Å². The van der Waals surface area contributed by atoms with Gasteiger partial charge in [0.1, 0.15) is 5.69 Å². The maximum Gasteiger partial charge on any atom is 0.269 e. The summed E-state index contributed by atoms with van der Waals surface area (Å²) in [5, 5.41) is 6.69. The number of nitrogens with zero attached hydrogens (tertiary/aromatic N) is 1. The Balaban J connectivity index is 2.03. The highest BCUT2D eigenvalue weighted by atomic mass is 35.5. The first-order valence-electron chi connectivity index (χ1n) is 7.32. The molecule has 0 aliphatic carbocycles. The molecule has 0 bridgehead atoms. The van der Waals surface area contributed by atoms with Gasteiger partial charge in [-0.3, -0.25) is 9.78 Å². The van der Waals surface area contributed by atoms with Crippen LogP contribution in [0.3, 0.4) is 0 Å². The molecule has 0 aliphatic heterocycles. The molecule has 1 amide bonds. The van der Waals surface area contributed by atoms with Crippen molar-refractivity contribution in [2.24, 2.45) is 5.92 Å². The van der Waals surface area contributed by atoms with Crippen molar-refractivity contribution in [2.75, 3.05) is 11.9 Å². The third-order valence-electron chi connectivity index (χ3n) is 3.15. The van der Waals surface area contributed by atoms with E-state index in [0.717, 1.165) is 17.8 Å². The summed E-state index contributed by atoms with van der Waals surface area (Å²) in [4.78, 5) is 16.2. The van der Waals surface area contributed by atoms with Crippen LogP contribution in [0.25, 0.3) is 0 Å². The van der Waals surface area contributed by atoms with Crippen molar-refractivity contribution < 1.29 is 4.79 Å². The van der Waals surface area contributed by atoms with E-state index in [2.05, 4.69) is 29.5 Å². The lowest BCUT2D eigenvalue weighted by molar-refractivity contribution is 0.0947. The van der Waals surface area contributed by atoms with Gasteiger partial charge in [0.2, 0.25) is 0 Å². The van der Waals surface area contributed by atoms with Crippen molar-refractivity contribution in [1.82, 2.24) is 10.3 Å². The summed E-state index contributed by atoms with van der Waals surface area (Å²) in [6.07, 6.45) is 2.56. The quantitative estimate of drug-likeness (QED) is 0.837. The second-order valence-electron chi connectivity index (χ2n) is 5.47. The Bertz CT molecular complexity index is 643. The number of hydrogen-bond donors (Lipinski definition) is 2. The summed E-state index contributed by atoms with van der Waals surface area (Å²) >= 11 is 6.12. The van der Waals surface area contributed by atoms with Crippen LogP contribution >= 0.6 is 11.6 Å². The monoisotopic (exact) mass is 317 g/mol. The molecule has 1 aromatic heterocycles. The van der Waals surface area contributed by atoms with Gasteiger partial charge in [0.25, 0.3) is 5.91 Å². The molecule has 2 aromatic rings. The molecule has 0 saturated carbocycles. The van der Waals surface area contributed by atoms with Gasteiger partial charge in [-0.1, -0.05) is 37.6 Å². The number of benzene rings is 1. The van der Waals surface area contributed by atoms with Crippen molar-refractivity contribution in [2.45, 2.75) is 20.3 Å². The van der Waals surface area contributed by atoms with E-state index < -0.39 is 0 Å². The molecule has 0 unspecified atom stereocenters. The number of halogens is 1. The summed E-state index contributed by atoms with van der Waals surface area (Å²) in [6.45, 7) is 4.90. The van der Waals surface area contributed by atoms with Crippen molar-refractivity contribution in [1.29, 1.82) is 0 Å². The minimum atomic E-state index is -0.163. The first-order chi connectivity index (χ1) is 10.6. The van der Waals surface area contributed by atoms with Crippen molar-refractivity contribution in [3.05, 3.63) is 53.3 Å². The van der Waals surface area contributed by atoms with E-state index in [-0.39, 0.29) is 5.91 Å². The molecule has 0 spiro atoms. The van der Waals surface area contributed by atoms with Crippen LogP contribution in [-0.2, 0) is 0 Å². The zero-order chi connectivity index (χ0) is 15.9. The highest BCUT2D eigenvalue weighted by molar-refractivity contribution is 6.33. The minimum Gasteiger partial charge on any atom is -0.354 e. The number of amides is 1. The van der Waals surface area contributed by atoms with Gasteiger partial charge in [0.05, 0.1) is 10.7 Å². The average molecular weight is 318 g/mol. The van der Waals surface area contributed by atoms with Crippen LogP contribution in [0.2, 0.25) is 5.02 Å². The lowest BCUT2D eigenvalue weighted by Crippen LogP contribution is -2.26. The molecule has 0 aliphatic rings. The molecule has 0 radical (unpaired) electrons. The van der Waals surface area contributed by atoms with Gasteiger partial charge in [0, 0.05) is 18.4 Å². The van der Waals surface area contributed by atoms with E-state index in [1.807, 2.05) is 24.3 Å². The Morgan fingerprint density at radius 3 is 2.77 bits per heavy atom. The third kappa shape index (κ3) is 4.74. The van der Waals surface area contributed by atoms with Gasteiger partial charge in [-0.15, -0.1) is 0 Å². The number of anilines is 2. The fourth-order valence-electron chi connectivity index (χ4n) is 1.92. The normalized spacial score (nSPS) is 10.5. The van der Waals surface area contributed by atoms with Gasteiger partial charge in [-0.2, -0.15) is 0 Å². The number of carbonyl (C=O) groups excluding carboxylic acids is 1. The fourth-order valence-corrected chi connectivity index (χ4v) is 2.10. The number of pyridine rings is 1. The largest absolute Gasteiger partial charge is 0.354 e. The second-order valence-corrected chi connectivity index (χ2v) is 5.88. The zero-order valence-corrected chi connectivity index (χ0v) is 13.5. The van der Waals surface area contributed by atoms with Crippen LogP contribution in [0.5, 0.6) is 0 Å². The smallest absolute Gasteiger partial charge is 0.269 e. The molecule has 2 rings (SSSR count). The molecule has 0 fully saturated rings. The zero-order valence-electron chi connectivity index (χ0n) is 12.8. The summed E-state index contributed by atoms with van der Waals surface area (Å²) in [5.41, 5.74) is 1.96. The lowest BCUT2D eigenvalue weighted by Gasteiger charge is -2.10. The summed E-state index contributed by atoms with van der Waals surface area (Å²) in [6, 6.07) is 11.0. The highest BCUT2D eigenvalue weighted by Gasteiger charge is 2.08. The molecule has 1 heterocycles. The molecule has 0 atom stereocenters. The Labute approximate surface area is 135 Å². The maximum atomic E-state index is 12.1. The van der Waals surface area contributed by atoms with Crippen LogP contribution in [-0.4, -0.2) is 17.4 Å². The standard InChI is InChI=1S/C17H20ClN3O/c1-12(2)7-9-20-17(22)16-11-13(8-10-19-16)21-15-6-4-3-5-14(15)18/h3-6,8,10-12H,7,9H2,1-2H3,(H,19,21)(H,20,22). The summed E-state index contributed by atoms with van der Waals surface area (Å²) < 4.78 is 0. The third-order valence-corrected chi connectivity index (χ3v) is 3.48. The van der Waals surface area contributed by atoms with E-state index in [4.69, 9.17) is 11.6 Å².